The van der Waals surface area contributed by atoms with Crippen LogP contribution < -0.4 is 32.2 Å². The Kier molecular flexibility index (Phi) is 15.4. The van der Waals surface area contributed by atoms with E-state index in [9.17, 15) is 110 Å². The highest BCUT2D eigenvalue weighted by Gasteiger charge is 2.47. The van der Waals surface area contributed by atoms with Gasteiger partial charge >= 0.3 is 49.4 Å². The van der Waals surface area contributed by atoms with Gasteiger partial charge in [0.2, 0.25) is 5.91 Å². The molecule has 0 saturated heterocycles. The lowest BCUT2D eigenvalue weighted by Crippen LogP contribution is -2.75. The van der Waals surface area contributed by atoms with E-state index in [1.807, 2.05) is 48.8 Å². The highest BCUT2D eigenvalue weighted by molar-refractivity contribution is 7.20. The number of primary amides is 1. The Morgan fingerprint density at radius 1 is 0.364 bits per heavy atom. The summed E-state index contributed by atoms with van der Waals surface area (Å²) >= 11 is 0. The molecule has 3 nitrogen and oxygen atoms in total. The second kappa shape index (κ2) is 20.2. The zero-order chi connectivity index (χ0) is 57.9. The number of pyridine rings is 1. The highest BCUT2D eigenvalue weighted by Crippen LogP contribution is 2.41. The van der Waals surface area contributed by atoms with Crippen LogP contribution in [0.3, 0.4) is 0 Å². The van der Waals surface area contributed by atoms with Gasteiger partial charge in [-0.25, -0.2) is 4.57 Å². The van der Waals surface area contributed by atoms with Crippen LogP contribution in [0.1, 0.15) is 60.4 Å². The quantitative estimate of drug-likeness (QED) is 0.0965. The molecule has 6 aromatic carbocycles. The van der Waals surface area contributed by atoms with Crippen molar-refractivity contribution in [3.05, 3.63) is 195 Å². The Labute approximate surface area is 416 Å². The zero-order valence-electron chi connectivity index (χ0n) is 37.6. The van der Waals surface area contributed by atoms with Gasteiger partial charge in [-0.15, -0.1) is 0 Å². The smallest absolute Gasteiger partial charge is 0.366 e. The fourth-order valence-electron chi connectivity index (χ4n) is 8.35. The first-order valence-corrected chi connectivity index (χ1v) is 21.1. The number of aromatic nitrogens is 1. The molecule has 0 radical (unpaired) electrons. The average Bonchev–Trinajstić information content (AvgIpc) is 3.29. The fraction of sp³-hybridized carbons (Fsp3) is 0.184. The van der Waals surface area contributed by atoms with Crippen LogP contribution in [0.2, 0.25) is 0 Å². The molecule has 77 heavy (non-hydrogen) atoms. The Hall–Kier alpha value is -7.42. The van der Waals surface area contributed by atoms with Crippen molar-refractivity contribution in [2.24, 2.45) is 5.73 Å². The van der Waals surface area contributed by atoms with Crippen LogP contribution in [-0.4, -0.2) is 12.1 Å². The summed E-state index contributed by atoms with van der Waals surface area (Å²) in [6.07, 6.45) is -50.7. The van der Waals surface area contributed by atoms with E-state index in [1.165, 1.54) is 5.56 Å². The van der Waals surface area contributed by atoms with Crippen molar-refractivity contribution in [1.82, 2.24) is 0 Å². The van der Waals surface area contributed by atoms with Crippen LogP contribution in [0.4, 0.5) is 105 Å². The lowest BCUT2D eigenvalue weighted by atomic mass is 9.12. The Morgan fingerprint density at radius 2 is 0.649 bits per heavy atom. The maximum absolute atomic E-state index is 14.2. The molecule has 7 rings (SSSR count). The lowest BCUT2D eigenvalue weighted by Gasteiger charge is -2.46. The molecular formula is C49H27BF24N2O. The molecule has 0 aliphatic rings. The van der Waals surface area contributed by atoms with Gasteiger partial charge in [0.1, 0.15) is 6.15 Å². The molecular weight excluding hydrogens is 1100 g/mol. The number of alkyl halides is 24. The third-order valence-corrected chi connectivity index (χ3v) is 11.8. The number of carbonyl (C=O) groups is 1. The second-order valence-corrected chi connectivity index (χ2v) is 17.0. The third kappa shape index (κ3) is 13.4. The van der Waals surface area contributed by atoms with Crippen molar-refractivity contribution < 1.29 is 115 Å². The number of amides is 1. The summed E-state index contributed by atoms with van der Waals surface area (Å²) < 4.78 is 343. The number of carbonyl (C=O) groups excluding carboxylic acids is 1. The number of fused-ring (bicyclic) bond motifs is 1. The van der Waals surface area contributed by atoms with Gasteiger partial charge in [-0.05, 0) is 41.8 Å². The molecule has 0 aliphatic carbocycles. The van der Waals surface area contributed by atoms with Crippen molar-refractivity contribution in [2.45, 2.75) is 56.0 Å². The van der Waals surface area contributed by atoms with Gasteiger partial charge in [-0.1, -0.05) is 84.9 Å². The Bertz CT molecular complexity index is 2870. The average molecular weight is 1130 g/mol. The molecule has 410 valence electrons. The molecule has 2 N–H and O–H groups in total. The van der Waals surface area contributed by atoms with E-state index >= 15 is 0 Å². The van der Waals surface area contributed by atoms with E-state index < -0.39 is 201 Å². The van der Waals surface area contributed by atoms with Crippen LogP contribution >= 0.6 is 0 Å². The minimum absolute atomic E-state index is 0.398. The maximum Gasteiger partial charge on any atom is 0.416 e. The number of halogens is 24. The van der Waals surface area contributed by atoms with Crippen molar-refractivity contribution in [3.8, 4) is 0 Å². The van der Waals surface area contributed by atoms with Gasteiger partial charge in [-0.2, -0.15) is 127 Å². The predicted molar refractivity (Wildman–Crippen MR) is 228 cm³/mol. The van der Waals surface area contributed by atoms with Crippen LogP contribution in [0, 0.1) is 0 Å². The largest absolute Gasteiger partial charge is 0.416 e. The van der Waals surface area contributed by atoms with E-state index in [4.69, 9.17) is 5.73 Å². The summed E-state index contributed by atoms with van der Waals surface area (Å²) in [7, 11) is 0. The molecule has 1 aromatic heterocycles. The zero-order valence-corrected chi connectivity index (χ0v) is 37.6. The van der Waals surface area contributed by atoms with Crippen molar-refractivity contribution in [3.63, 3.8) is 0 Å². The third-order valence-electron chi connectivity index (χ3n) is 11.8. The highest BCUT2D eigenvalue weighted by atomic mass is 19.4. The van der Waals surface area contributed by atoms with Gasteiger partial charge in [0, 0.05) is 22.6 Å². The minimum Gasteiger partial charge on any atom is -0.366 e. The van der Waals surface area contributed by atoms with Crippen LogP contribution in [0.15, 0.2) is 140 Å². The second-order valence-electron chi connectivity index (χ2n) is 17.0. The van der Waals surface area contributed by atoms with E-state index in [0.717, 1.165) is 17.3 Å². The predicted octanol–water partition coefficient (Wildman–Crippen LogP) is 13.5. The maximum atomic E-state index is 14.2. The number of benzene rings is 6. The van der Waals surface area contributed by atoms with Gasteiger partial charge in [0.05, 0.1) is 44.5 Å². The normalized spacial score (nSPS) is 13.4. The minimum atomic E-state index is -6.13. The van der Waals surface area contributed by atoms with Gasteiger partial charge in [0.25, 0.3) is 0 Å². The van der Waals surface area contributed by atoms with E-state index in [0.29, 0.717) is 5.56 Å². The number of nitrogens with zero attached hydrogens (tertiary/aromatic N) is 1. The molecule has 0 fully saturated rings. The first kappa shape index (κ1) is 58.8. The Balaban J connectivity index is 0.000000397. The molecule has 1 heterocycles. The van der Waals surface area contributed by atoms with E-state index in [-0.39, 0.29) is 0 Å². The molecule has 0 saturated carbocycles. The molecule has 0 spiro atoms. The number of hydrogen-bond acceptors (Lipinski definition) is 1. The monoisotopic (exact) mass is 1130 g/mol. The van der Waals surface area contributed by atoms with Gasteiger partial charge < -0.3 is 5.73 Å². The van der Waals surface area contributed by atoms with Gasteiger partial charge in [0.15, 0.2) is 18.9 Å². The molecule has 0 aliphatic heterocycles. The summed E-state index contributed by atoms with van der Waals surface area (Å²) in [6, 6.07) is 9.00. The SMILES string of the molecule is FC(F)(F)c1cc([B-](c2cc(C(F)(F)F)cc(C(F)(F)F)c2)(c2cc(C(F)(F)F)cc(C(F)(F)F)c2)c2cc(C(F)(F)F)cc(C(F)(F)F)c2)cc(C(F)(F)F)c1.NC(=O)c1ccc2cc[n+](Cc3ccccc3)cc2c1. The lowest BCUT2D eigenvalue weighted by molar-refractivity contribution is -0.687. The molecule has 1 amide bonds. The molecule has 28 heteroatoms. The first-order valence-electron chi connectivity index (χ1n) is 21.1. The number of rotatable bonds is 7. The fourth-order valence-corrected chi connectivity index (χ4v) is 8.35. The van der Waals surface area contributed by atoms with Crippen molar-refractivity contribution in [2.75, 3.05) is 0 Å². The molecule has 0 unspecified atom stereocenters. The van der Waals surface area contributed by atoms with E-state index in [1.54, 1.807) is 6.07 Å². The van der Waals surface area contributed by atoms with Crippen molar-refractivity contribution >= 4 is 44.7 Å². The molecule has 7 aromatic rings. The topological polar surface area (TPSA) is 47.0 Å². The summed E-state index contributed by atoms with van der Waals surface area (Å²) in [4.78, 5) is 11.2. The van der Waals surface area contributed by atoms with Crippen LogP contribution in [0.5, 0.6) is 0 Å². The molecule has 0 atom stereocenters. The summed E-state index contributed by atoms with van der Waals surface area (Å²) in [5, 5.41) is 2.11. The Morgan fingerprint density at radius 3 is 0.909 bits per heavy atom. The first-order chi connectivity index (χ1) is 35.0. The molecule has 0 bridgehead atoms. The summed E-state index contributed by atoms with van der Waals surface area (Å²) in [5.74, 6) is -0.398. The number of nitrogens with two attached hydrogens (primary N) is 1. The summed E-state index contributed by atoms with van der Waals surface area (Å²) in [6.45, 7) is 0.803. The van der Waals surface area contributed by atoms with Crippen molar-refractivity contribution in [1.29, 1.82) is 0 Å². The van der Waals surface area contributed by atoms with Crippen LogP contribution in [-0.2, 0) is 56.0 Å². The van der Waals surface area contributed by atoms with Crippen LogP contribution in [0.25, 0.3) is 10.8 Å². The number of hydrogen-bond donors (Lipinski definition) is 1. The van der Waals surface area contributed by atoms with Gasteiger partial charge in [-0.3, -0.25) is 4.79 Å². The standard InChI is InChI=1S/C32H12BF24.C17H14N2O/c34-25(35,36)13-1-14(26(37,38)39)6-21(5-13)33(22-7-15(27(40,41)42)2-16(8-22)28(43,44)45,23-9-17(29(46,47)48)3-18(10-23)30(49,50)51)24-11-19(31(52,53)54)4-20(12-24)32(55,56)57;18-17(20)15-7-6-14-8-9-19(12-16(14)10-15)11-13-4-2-1-3-5-13/h1-12H;1-10,12H,11H2,(H-,18,20)/q-1;/p+1. The summed E-state index contributed by atoms with van der Waals surface area (Å²) in [5.41, 5.74) is -23.1. The van der Waals surface area contributed by atoms with E-state index in [2.05, 4.69) is 16.7 Å².